The van der Waals surface area contributed by atoms with Gasteiger partial charge in [0.25, 0.3) is 11.6 Å². The predicted octanol–water partition coefficient (Wildman–Crippen LogP) is 2.61. The van der Waals surface area contributed by atoms with Crippen LogP contribution in [0.25, 0.3) is 0 Å². The van der Waals surface area contributed by atoms with E-state index in [1.165, 1.54) is 6.07 Å². The Hall–Kier alpha value is -1.76. The molecular formula is C14H19N3O3S. The van der Waals surface area contributed by atoms with Crippen molar-refractivity contribution in [2.24, 2.45) is 0 Å². The van der Waals surface area contributed by atoms with Crippen molar-refractivity contribution in [2.75, 3.05) is 36.5 Å². The number of nitro benzene ring substituents is 1. The number of amides is 1. The van der Waals surface area contributed by atoms with Crippen molar-refractivity contribution in [1.29, 1.82) is 0 Å². The standard InChI is InChI=1S/C14H19N3O3S/c1-2-15-13-11(5-3-6-12(13)17(19)20)14(18)16-7-4-9-21-10-8-16/h3,5-6,15H,2,4,7-10H2,1H3. The van der Waals surface area contributed by atoms with Crippen molar-refractivity contribution >= 4 is 29.0 Å². The molecule has 21 heavy (non-hydrogen) atoms. The first-order chi connectivity index (χ1) is 10.1. The molecule has 1 aliphatic heterocycles. The van der Waals surface area contributed by atoms with E-state index in [-0.39, 0.29) is 11.6 Å². The van der Waals surface area contributed by atoms with Gasteiger partial charge in [0.05, 0.1) is 10.5 Å². The molecule has 1 fully saturated rings. The van der Waals surface area contributed by atoms with Gasteiger partial charge in [0.15, 0.2) is 0 Å². The van der Waals surface area contributed by atoms with E-state index in [4.69, 9.17) is 0 Å². The summed E-state index contributed by atoms with van der Waals surface area (Å²) in [6.45, 7) is 3.78. The van der Waals surface area contributed by atoms with Gasteiger partial charge in [0.2, 0.25) is 0 Å². The monoisotopic (exact) mass is 309 g/mol. The number of nitrogens with one attached hydrogen (secondary N) is 1. The van der Waals surface area contributed by atoms with Crippen LogP contribution < -0.4 is 5.32 Å². The molecule has 0 aromatic heterocycles. The van der Waals surface area contributed by atoms with Gasteiger partial charge >= 0.3 is 0 Å². The largest absolute Gasteiger partial charge is 0.379 e. The minimum absolute atomic E-state index is 0.0492. The molecule has 1 aliphatic rings. The van der Waals surface area contributed by atoms with Gasteiger partial charge in [-0.25, -0.2) is 0 Å². The zero-order chi connectivity index (χ0) is 15.2. The van der Waals surface area contributed by atoms with Crippen molar-refractivity contribution in [3.8, 4) is 0 Å². The summed E-state index contributed by atoms with van der Waals surface area (Å²) in [4.78, 5) is 25.2. The Labute approximate surface area is 128 Å². The average molecular weight is 309 g/mol. The zero-order valence-electron chi connectivity index (χ0n) is 12.0. The third kappa shape index (κ3) is 3.66. The van der Waals surface area contributed by atoms with Crippen LogP contribution >= 0.6 is 11.8 Å². The smallest absolute Gasteiger partial charge is 0.293 e. The Balaban J connectivity index is 2.34. The molecule has 1 N–H and O–H groups in total. The summed E-state index contributed by atoms with van der Waals surface area (Å²) >= 11 is 1.84. The number of rotatable bonds is 4. The van der Waals surface area contributed by atoms with Gasteiger partial charge in [-0.2, -0.15) is 11.8 Å². The second kappa shape index (κ2) is 7.31. The molecule has 7 heteroatoms. The average Bonchev–Trinajstić information content (AvgIpc) is 2.76. The van der Waals surface area contributed by atoms with Crippen LogP contribution in [0.15, 0.2) is 18.2 Å². The molecule has 1 amide bonds. The zero-order valence-corrected chi connectivity index (χ0v) is 12.8. The van der Waals surface area contributed by atoms with Gasteiger partial charge in [0, 0.05) is 31.5 Å². The lowest BCUT2D eigenvalue weighted by Crippen LogP contribution is -2.33. The van der Waals surface area contributed by atoms with Crippen molar-refractivity contribution in [2.45, 2.75) is 13.3 Å². The lowest BCUT2D eigenvalue weighted by molar-refractivity contribution is -0.384. The van der Waals surface area contributed by atoms with Gasteiger partial charge < -0.3 is 10.2 Å². The molecule has 0 saturated carbocycles. The maximum Gasteiger partial charge on any atom is 0.293 e. The predicted molar refractivity (Wildman–Crippen MR) is 85.1 cm³/mol. The van der Waals surface area contributed by atoms with E-state index in [0.29, 0.717) is 30.9 Å². The molecule has 2 rings (SSSR count). The maximum atomic E-state index is 12.7. The number of hydrogen-bond donors (Lipinski definition) is 1. The van der Waals surface area contributed by atoms with E-state index in [9.17, 15) is 14.9 Å². The Kier molecular flexibility index (Phi) is 5.44. The molecule has 0 atom stereocenters. The minimum Gasteiger partial charge on any atom is -0.379 e. The van der Waals surface area contributed by atoms with Crippen LogP contribution in [0.4, 0.5) is 11.4 Å². The SMILES string of the molecule is CCNc1c(C(=O)N2CCCSCC2)cccc1[N+](=O)[O-]. The highest BCUT2D eigenvalue weighted by molar-refractivity contribution is 7.99. The van der Waals surface area contributed by atoms with Gasteiger partial charge in [-0.05, 0) is 25.2 Å². The van der Waals surface area contributed by atoms with E-state index >= 15 is 0 Å². The number of carbonyl (C=O) groups is 1. The van der Waals surface area contributed by atoms with Gasteiger partial charge in [-0.15, -0.1) is 0 Å². The van der Waals surface area contributed by atoms with Crippen LogP contribution in [0, 0.1) is 10.1 Å². The first kappa shape index (κ1) is 15.6. The Bertz CT molecular complexity index is 528. The van der Waals surface area contributed by atoms with Gasteiger partial charge in [0.1, 0.15) is 5.69 Å². The highest BCUT2D eigenvalue weighted by Crippen LogP contribution is 2.29. The molecule has 0 aliphatic carbocycles. The quantitative estimate of drug-likeness (QED) is 0.683. The molecule has 1 aromatic rings. The third-order valence-corrected chi connectivity index (χ3v) is 4.38. The van der Waals surface area contributed by atoms with Gasteiger partial charge in [-0.1, -0.05) is 6.07 Å². The highest BCUT2D eigenvalue weighted by Gasteiger charge is 2.25. The number of thioether (sulfide) groups is 1. The van der Waals surface area contributed by atoms with Crippen LogP contribution in [-0.4, -0.2) is 46.9 Å². The summed E-state index contributed by atoms with van der Waals surface area (Å²) in [5.41, 5.74) is 0.664. The van der Waals surface area contributed by atoms with E-state index in [2.05, 4.69) is 5.32 Å². The normalized spacial score (nSPS) is 15.4. The molecule has 6 nitrogen and oxygen atoms in total. The second-order valence-corrected chi connectivity index (χ2v) is 5.97. The van der Waals surface area contributed by atoms with E-state index in [1.54, 1.807) is 17.0 Å². The van der Waals surface area contributed by atoms with Crippen LogP contribution in [0.1, 0.15) is 23.7 Å². The van der Waals surface area contributed by atoms with Gasteiger partial charge in [-0.3, -0.25) is 14.9 Å². The first-order valence-corrected chi connectivity index (χ1v) is 8.19. The topological polar surface area (TPSA) is 75.5 Å². The van der Waals surface area contributed by atoms with Crippen LogP contribution in [0.3, 0.4) is 0 Å². The lowest BCUT2D eigenvalue weighted by Gasteiger charge is -2.21. The second-order valence-electron chi connectivity index (χ2n) is 4.75. The molecule has 114 valence electrons. The number of nitrogens with zero attached hydrogens (tertiary/aromatic N) is 2. The first-order valence-electron chi connectivity index (χ1n) is 7.03. The number of nitro groups is 1. The number of carbonyl (C=O) groups excluding carboxylic acids is 1. The molecule has 1 aromatic carbocycles. The summed E-state index contributed by atoms with van der Waals surface area (Å²) in [6, 6.07) is 4.65. The third-order valence-electron chi connectivity index (χ3n) is 3.33. The molecule has 0 bridgehead atoms. The number of hydrogen-bond acceptors (Lipinski definition) is 5. The number of benzene rings is 1. The lowest BCUT2D eigenvalue weighted by atomic mass is 10.1. The molecule has 0 unspecified atom stereocenters. The van der Waals surface area contributed by atoms with Crippen molar-refractivity contribution < 1.29 is 9.72 Å². The summed E-state index contributed by atoms with van der Waals surface area (Å²) in [7, 11) is 0. The van der Waals surface area contributed by atoms with Crippen LogP contribution in [0.5, 0.6) is 0 Å². The van der Waals surface area contributed by atoms with E-state index < -0.39 is 4.92 Å². The van der Waals surface area contributed by atoms with E-state index in [0.717, 1.165) is 17.9 Å². The minimum atomic E-state index is -0.451. The van der Waals surface area contributed by atoms with Crippen LogP contribution in [-0.2, 0) is 0 Å². The van der Waals surface area contributed by atoms with Crippen molar-refractivity contribution in [1.82, 2.24) is 4.90 Å². The van der Waals surface area contributed by atoms with Crippen LogP contribution in [0.2, 0.25) is 0 Å². The highest BCUT2D eigenvalue weighted by atomic mass is 32.2. The van der Waals surface area contributed by atoms with E-state index in [1.807, 2.05) is 18.7 Å². The number of anilines is 1. The number of para-hydroxylation sites is 1. The molecule has 0 spiro atoms. The Morgan fingerprint density at radius 3 is 2.95 bits per heavy atom. The fraction of sp³-hybridized carbons (Fsp3) is 0.500. The van der Waals surface area contributed by atoms with Crippen molar-refractivity contribution in [3.63, 3.8) is 0 Å². The fourth-order valence-electron chi connectivity index (χ4n) is 2.35. The molecule has 0 radical (unpaired) electrons. The Morgan fingerprint density at radius 2 is 2.24 bits per heavy atom. The molecule has 1 saturated heterocycles. The maximum absolute atomic E-state index is 12.7. The molecule has 1 heterocycles. The summed E-state index contributed by atoms with van der Waals surface area (Å²) in [5, 5.41) is 14.1. The Morgan fingerprint density at radius 1 is 1.43 bits per heavy atom. The fourth-order valence-corrected chi connectivity index (χ4v) is 3.24. The van der Waals surface area contributed by atoms with Crippen molar-refractivity contribution in [3.05, 3.63) is 33.9 Å². The summed E-state index contributed by atoms with van der Waals surface area (Å²) in [6.07, 6.45) is 0.960. The summed E-state index contributed by atoms with van der Waals surface area (Å²) in [5.74, 6) is 1.84. The summed E-state index contributed by atoms with van der Waals surface area (Å²) < 4.78 is 0. The molecular weight excluding hydrogens is 290 g/mol.